The van der Waals surface area contributed by atoms with Crippen molar-refractivity contribution >= 4 is 28.0 Å². The Bertz CT molecular complexity index is 1010. The van der Waals surface area contributed by atoms with E-state index in [-0.39, 0.29) is 5.82 Å². The number of H-pyrrole nitrogens is 1. The maximum absolute atomic E-state index is 13.3. The van der Waals surface area contributed by atoms with E-state index in [2.05, 4.69) is 25.1 Å². The van der Waals surface area contributed by atoms with E-state index >= 15 is 0 Å². The monoisotopic (exact) mass is 312 g/mol. The highest BCUT2D eigenvalue weighted by Gasteiger charge is 2.16. The molecule has 4 aromatic rings. The highest BCUT2D eigenvalue weighted by Crippen LogP contribution is 2.26. The van der Waals surface area contributed by atoms with Crippen molar-refractivity contribution in [1.82, 2.24) is 25.1 Å². The zero-order valence-corrected chi connectivity index (χ0v) is 12.5. The van der Waals surface area contributed by atoms with Crippen LogP contribution in [0.25, 0.3) is 22.1 Å². The number of nitrogens with one attached hydrogen (secondary N) is 1. The molecule has 0 saturated carbocycles. The van der Waals surface area contributed by atoms with Crippen LogP contribution in [0.5, 0.6) is 0 Å². The van der Waals surface area contributed by atoms with Gasteiger partial charge < -0.3 is 14.4 Å². The minimum absolute atomic E-state index is 0.293. The van der Waals surface area contributed by atoms with Gasteiger partial charge in [-0.3, -0.25) is 0 Å². The Morgan fingerprint density at radius 2 is 2.17 bits per heavy atom. The average molecular weight is 312 g/mol. The molecule has 0 aliphatic carbocycles. The summed E-state index contributed by atoms with van der Waals surface area (Å²) in [6, 6.07) is 4.47. The van der Waals surface area contributed by atoms with Gasteiger partial charge in [0.2, 0.25) is 0 Å². The molecule has 0 aliphatic rings. The van der Waals surface area contributed by atoms with Crippen molar-refractivity contribution in [2.24, 2.45) is 0 Å². The van der Waals surface area contributed by atoms with Crippen molar-refractivity contribution < 1.29 is 8.91 Å². The van der Waals surface area contributed by atoms with Crippen molar-refractivity contribution in [3.8, 4) is 0 Å². The van der Waals surface area contributed by atoms with Crippen LogP contribution in [-0.4, -0.2) is 32.1 Å². The molecule has 23 heavy (non-hydrogen) atoms. The Morgan fingerprint density at radius 3 is 3.04 bits per heavy atom. The second-order valence-corrected chi connectivity index (χ2v) is 5.35. The van der Waals surface area contributed by atoms with Gasteiger partial charge in [0.1, 0.15) is 29.2 Å². The summed E-state index contributed by atoms with van der Waals surface area (Å²) in [5, 5.41) is 4.70. The zero-order valence-electron chi connectivity index (χ0n) is 12.5. The molecule has 0 radical (unpaired) electrons. The SMILES string of the molecule is Cc1noc2ncnc(N(C)Cc3nc4ccc(F)cc4[nH]3)c12. The van der Waals surface area contributed by atoms with Gasteiger partial charge in [-0.2, -0.15) is 4.98 Å². The first-order chi connectivity index (χ1) is 11.1. The summed E-state index contributed by atoms with van der Waals surface area (Å²) in [6.45, 7) is 2.32. The van der Waals surface area contributed by atoms with E-state index < -0.39 is 0 Å². The zero-order chi connectivity index (χ0) is 16.0. The Balaban J connectivity index is 1.70. The van der Waals surface area contributed by atoms with Gasteiger partial charge in [0.05, 0.1) is 23.3 Å². The first kappa shape index (κ1) is 13.6. The first-order valence-electron chi connectivity index (χ1n) is 7.04. The summed E-state index contributed by atoms with van der Waals surface area (Å²) >= 11 is 0. The number of imidazole rings is 1. The predicted octanol–water partition coefficient (Wildman–Crippen LogP) is 2.58. The molecular formula is C15H13FN6O. The molecule has 116 valence electrons. The molecule has 3 aromatic heterocycles. The fourth-order valence-electron chi connectivity index (χ4n) is 2.60. The van der Waals surface area contributed by atoms with Gasteiger partial charge >= 0.3 is 0 Å². The highest BCUT2D eigenvalue weighted by atomic mass is 19.1. The number of rotatable bonds is 3. The molecule has 0 saturated heterocycles. The molecule has 7 nitrogen and oxygen atoms in total. The molecule has 4 rings (SSSR count). The summed E-state index contributed by atoms with van der Waals surface area (Å²) in [7, 11) is 1.89. The fraction of sp³-hybridized carbons (Fsp3) is 0.200. The van der Waals surface area contributed by atoms with E-state index in [4.69, 9.17) is 4.52 Å². The van der Waals surface area contributed by atoms with Gasteiger partial charge in [-0.05, 0) is 25.1 Å². The molecule has 0 spiro atoms. The number of aromatic amines is 1. The summed E-state index contributed by atoms with van der Waals surface area (Å²) in [6.07, 6.45) is 1.44. The molecule has 0 unspecified atom stereocenters. The summed E-state index contributed by atoms with van der Waals surface area (Å²) < 4.78 is 18.4. The minimum Gasteiger partial charge on any atom is -0.351 e. The van der Waals surface area contributed by atoms with Crippen molar-refractivity contribution in [1.29, 1.82) is 0 Å². The van der Waals surface area contributed by atoms with Crippen LogP contribution >= 0.6 is 0 Å². The van der Waals surface area contributed by atoms with Crippen LogP contribution in [0.4, 0.5) is 10.2 Å². The number of fused-ring (bicyclic) bond motifs is 2. The Labute approximate surface area is 130 Å². The van der Waals surface area contributed by atoms with Crippen LogP contribution in [0, 0.1) is 12.7 Å². The van der Waals surface area contributed by atoms with E-state index in [0.29, 0.717) is 29.4 Å². The molecule has 0 amide bonds. The summed E-state index contributed by atoms with van der Waals surface area (Å²) in [5.74, 6) is 1.13. The number of anilines is 1. The molecule has 0 fully saturated rings. The quantitative estimate of drug-likeness (QED) is 0.626. The molecule has 0 atom stereocenters. The standard InChI is InChI=1S/C15H13FN6O/c1-8-13-14(17-7-18-15(13)23-21-8)22(2)6-12-19-10-4-3-9(16)5-11(10)20-12/h3-5,7H,6H2,1-2H3,(H,19,20). The van der Waals surface area contributed by atoms with Gasteiger partial charge in [0.15, 0.2) is 0 Å². The number of hydrogen-bond acceptors (Lipinski definition) is 6. The van der Waals surface area contributed by atoms with E-state index in [1.54, 1.807) is 6.07 Å². The predicted molar refractivity (Wildman–Crippen MR) is 82.5 cm³/mol. The fourth-order valence-corrected chi connectivity index (χ4v) is 2.60. The smallest absolute Gasteiger partial charge is 0.263 e. The third-order valence-corrected chi connectivity index (χ3v) is 3.66. The molecule has 1 aromatic carbocycles. The molecule has 3 heterocycles. The van der Waals surface area contributed by atoms with Gasteiger partial charge in [-0.25, -0.2) is 14.4 Å². The van der Waals surface area contributed by atoms with Crippen LogP contribution in [0.3, 0.4) is 0 Å². The van der Waals surface area contributed by atoms with Crippen molar-refractivity contribution in [2.75, 3.05) is 11.9 Å². The van der Waals surface area contributed by atoms with Crippen molar-refractivity contribution in [3.05, 3.63) is 41.9 Å². The second-order valence-electron chi connectivity index (χ2n) is 5.35. The number of halogens is 1. The van der Waals surface area contributed by atoms with Crippen LogP contribution < -0.4 is 4.90 Å². The average Bonchev–Trinajstić information content (AvgIpc) is 3.10. The molecule has 0 aliphatic heterocycles. The Kier molecular flexibility index (Phi) is 2.97. The van der Waals surface area contributed by atoms with E-state index in [9.17, 15) is 4.39 Å². The molecule has 0 bridgehead atoms. The maximum Gasteiger partial charge on any atom is 0.263 e. The lowest BCUT2D eigenvalue weighted by atomic mass is 10.3. The second kappa shape index (κ2) is 5.01. The minimum atomic E-state index is -0.293. The number of aromatic nitrogens is 5. The summed E-state index contributed by atoms with van der Waals surface area (Å²) in [5.41, 5.74) is 2.58. The molecule has 8 heteroatoms. The van der Waals surface area contributed by atoms with Crippen LogP contribution in [0.1, 0.15) is 11.5 Å². The van der Waals surface area contributed by atoms with Crippen LogP contribution in [0.2, 0.25) is 0 Å². The lowest BCUT2D eigenvalue weighted by Crippen LogP contribution is -2.19. The first-order valence-corrected chi connectivity index (χ1v) is 7.04. The van der Waals surface area contributed by atoms with E-state index in [1.807, 2.05) is 18.9 Å². The largest absolute Gasteiger partial charge is 0.351 e. The maximum atomic E-state index is 13.3. The van der Waals surface area contributed by atoms with Gasteiger partial charge in [0.25, 0.3) is 5.71 Å². The third-order valence-electron chi connectivity index (χ3n) is 3.66. The Hall–Kier alpha value is -3.03. The summed E-state index contributed by atoms with van der Waals surface area (Å²) in [4.78, 5) is 17.9. The van der Waals surface area contributed by atoms with Gasteiger partial charge in [0, 0.05) is 7.05 Å². The van der Waals surface area contributed by atoms with E-state index in [0.717, 1.165) is 16.6 Å². The number of hydrogen-bond donors (Lipinski definition) is 1. The Morgan fingerprint density at radius 1 is 1.30 bits per heavy atom. The molecular weight excluding hydrogens is 299 g/mol. The van der Waals surface area contributed by atoms with Gasteiger partial charge in [-0.15, -0.1) is 0 Å². The van der Waals surface area contributed by atoms with Crippen molar-refractivity contribution in [2.45, 2.75) is 13.5 Å². The number of benzene rings is 1. The number of aryl methyl sites for hydroxylation is 1. The topological polar surface area (TPSA) is 83.7 Å². The van der Waals surface area contributed by atoms with Crippen LogP contribution in [-0.2, 0) is 6.54 Å². The van der Waals surface area contributed by atoms with Gasteiger partial charge in [-0.1, -0.05) is 5.16 Å². The van der Waals surface area contributed by atoms with E-state index in [1.165, 1.54) is 18.5 Å². The highest BCUT2D eigenvalue weighted by molar-refractivity contribution is 5.87. The lowest BCUT2D eigenvalue weighted by Gasteiger charge is -2.16. The molecule has 1 N–H and O–H groups in total. The number of nitrogens with zero attached hydrogens (tertiary/aromatic N) is 5. The van der Waals surface area contributed by atoms with Crippen molar-refractivity contribution in [3.63, 3.8) is 0 Å². The lowest BCUT2D eigenvalue weighted by molar-refractivity contribution is 0.442. The normalized spacial score (nSPS) is 11.4. The third kappa shape index (κ3) is 2.28. The van der Waals surface area contributed by atoms with Crippen LogP contribution in [0.15, 0.2) is 29.0 Å².